The van der Waals surface area contributed by atoms with Crippen LogP contribution >= 0.6 is 12.4 Å². The van der Waals surface area contributed by atoms with Crippen LogP contribution in [0.4, 0.5) is 0 Å². The largest absolute Gasteiger partial charge is 0.299 e. The predicted octanol–water partition coefficient (Wildman–Crippen LogP) is 2.88. The van der Waals surface area contributed by atoms with Gasteiger partial charge in [0.2, 0.25) is 0 Å². The van der Waals surface area contributed by atoms with Crippen LogP contribution < -0.4 is 0 Å². The second kappa shape index (κ2) is 7.14. The van der Waals surface area contributed by atoms with Crippen molar-refractivity contribution >= 4 is 18.1 Å². The third-order valence-electron chi connectivity index (χ3n) is 5.25. The molecule has 4 rings (SSSR count). The Balaban J connectivity index is 0.00000182. The Morgan fingerprint density at radius 1 is 1.20 bits per heavy atom. The topological polar surface area (TPSA) is 51.2 Å². The van der Waals surface area contributed by atoms with Gasteiger partial charge in [-0.25, -0.2) is 9.50 Å². The molecule has 1 saturated heterocycles. The monoisotopic (exact) mass is 360 g/mol. The number of hydrogen-bond donors (Lipinski definition) is 0. The summed E-state index contributed by atoms with van der Waals surface area (Å²) in [5.74, 6) is 0.557. The maximum absolute atomic E-state index is 4.62. The highest BCUT2D eigenvalue weighted by Gasteiger charge is 2.23. The van der Waals surface area contributed by atoms with Crippen LogP contribution in [-0.4, -0.2) is 42.4 Å². The average Bonchev–Trinajstić information content (AvgIpc) is 3.11. The Morgan fingerprint density at radius 3 is 2.64 bits per heavy atom. The average molecular weight is 361 g/mol. The van der Waals surface area contributed by atoms with E-state index in [0.717, 1.165) is 43.8 Å². The molecule has 4 heterocycles. The number of piperidine rings is 1. The van der Waals surface area contributed by atoms with Crippen LogP contribution in [0, 0.1) is 13.8 Å². The molecule has 0 N–H and O–H groups in total. The van der Waals surface area contributed by atoms with Gasteiger partial charge >= 0.3 is 0 Å². The molecule has 3 aromatic rings. The third kappa shape index (κ3) is 3.41. The minimum absolute atomic E-state index is 0. The van der Waals surface area contributed by atoms with Crippen molar-refractivity contribution < 1.29 is 0 Å². The summed E-state index contributed by atoms with van der Waals surface area (Å²) in [5.41, 5.74) is 5.88. The highest BCUT2D eigenvalue weighted by molar-refractivity contribution is 5.85. The van der Waals surface area contributed by atoms with E-state index in [-0.39, 0.29) is 12.4 Å². The van der Waals surface area contributed by atoms with Crippen LogP contribution in [0.1, 0.15) is 41.4 Å². The van der Waals surface area contributed by atoms with Gasteiger partial charge in [-0.1, -0.05) is 0 Å². The number of rotatable bonds is 3. The Hall–Kier alpha value is -1.92. The van der Waals surface area contributed by atoms with E-state index in [9.17, 15) is 0 Å². The summed E-state index contributed by atoms with van der Waals surface area (Å²) in [5, 5.41) is 8.97. The minimum atomic E-state index is 0. The first-order valence-electron chi connectivity index (χ1n) is 8.63. The molecule has 3 aromatic heterocycles. The lowest BCUT2D eigenvalue weighted by Gasteiger charge is -2.32. The number of aromatic nitrogens is 5. The zero-order valence-corrected chi connectivity index (χ0v) is 15.8. The molecule has 0 atom stereocenters. The fraction of sp³-hybridized carbons (Fsp3) is 0.500. The Bertz CT molecular complexity index is 860. The molecule has 25 heavy (non-hydrogen) atoms. The maximum Gasteiger partial charge on any atom is 0.155 e. The Labute approximate surface area is 154 Å². The summed E-state index contributed by atoms with van der Waals surface area (Å²) in [6.07, 6.45) is 6.24. The zero-order valence-electron chi connectivity index (χ0n) is 15.0. The van der Waals surface area contributed by atoms with Crippen LogP contribution in [0.25, 0.3) is 5.65 Å². The van der Waals surface area contributed by atoms with Crippen molar-refractivity contribution in [2.45, 2.75) is 39.2 Å². The van der Waals surface area contributed by atoms with Crippen molar-refractivity contribution in [1.82, 2.24) is 29.3 Å². The molecule has 1 aliphatic heterocycles. The van der Waals surface area contributed by atoms with Gasteiger partial charge in [-0.05, 0) is 45.8 Å². The van der Waals surface area contributed by atoms with Gasteiger partial charge in [0.1, 0.15) is 0 Å². The number of nitrogens with zero attached hydrogens (tertiary/aromatic N) is 6. The van der Waals surface area contributed by atoms with Gasteiger partial charge in [0.25, 0.3) is 0 Å². The zero-order chi connectivity index (χ0) is 16.7. The molecule has 0 saturated carbocycles. The van der Waals surface area contributed by atoms with Crippen LogP contribution in [0.3, 0.4) is 0 Å². The summed E-state index contributed by atoms with van der Waals surface area (Å²) >= 11 is 0. The van der Waals surface area contributed by atoms with E-state index < -0.39 is 0 Å². The molecule has 0 aliphatic carbocycles. The van der Waals surface area contributed by atoms with Crippen molar-refractivity contribution in [1.29, 1.82) is 0 Å². The first-order chi connectivity index (χ1) is 11.6. The molecule has 0 spiro atoms. The molecule has 134 valence electrons. The van der Waals surface area contributed by atoms with Gasteiger partial charge in [-0.3, -0.25) is 9.58 Å². The number of halogens is 1. The summed E-state index contributed by atoms with van der Waals surface area (Å²) < 4.78 is 3.98. The fourth-order valence-electron chi connectivity index (χ4n) is 3.66. The highest BCUT2D eigenvalue weighted by Crippen LogP contribution is 2.29. The molecule has 7 heteroatoms. The number of hydrogen-bond acceptors (Lipinski definition) is 4. The molecule has 0 amide bonds. The van der Waals surface area contributed by atoms with E-state index in [1.165, 1.54) is 17.0 Å². The normalized spacial score (nSPS) is 16.3. The molecule has 1 aliphatic rings. The first kappa shape index (κ1) is 17.9. The van der Waals surface area contributed by atoms with Gasteiger partial charge < -0.3 is 0 Å². The lowest BCUT2D eigenvalue weighted by atomic mass is 9.93. The van der Waals surface area contributed by atoms with E-state index in [0.29, 0.717) is 5.92 Å². The van der Waals surface area contributed by atoms with Gasteiger partial charge in [-0.2, -0.15) is 10.2 Å². The second-order valence-electron chi connectivity index (χ2n) is 6.85. The van der Waals surface area contributed by atoms with E-state index >= 15 is 0 Å². The summed E-state index contributed by atoms with van der Waals surface area (Å²) in [4.78, 5) is 6.96. The summed E-state index contributed by atoms with van der Waals surface area (Å²) in [6.45, 7) is 7.39. The smallest absolute Gasteiger partial charge is 0.155 e. The van der Waals surface area contributed by atoms with Crippen LogP contribution in [-0.2, 0) is 13.6 Å². The van der Waals surface area contributed by atoms with Gasteiger partial charge in [0.15, 0.2) is 5.65 Å². The highest BCUT2D eigenvalue weighted by atomic mass is 35.5. The molecule has 0 bridgehead atoms. The Kier molecular flexibility index (Phi) is 5.11. The van der Waals surface area contributed by atoms with Crippen molar-refractivity contribution in [3.05, 3.63) is 47.2 Å². The molecule has 0 radical (unpaired) electrons. The van der Waals surface area contributed by atoms with Crippen LogP contribution in [0.5, 0.6) is 0 Å². The van der Waals surface area contributed by atoms with Crippen molar-refractivity contribution in [2.24, 2.45) is 7.05 Å². The summed E-state index contributed by atoms with van der Waals surface area (Å²) in [7, 11) is 2.01. The van der Waals surface area contributed by atoms with E-state index in [1.54, 1.807) is 0 Å². The van der Waals surface area contributed by atoms with Crippen molar-refractivity contribution in [3.63, 3.8) is 0 Å². The molecule has 6 nitrogen and oxygen atoms in total. The van der Waals surface area contributed by atoms with Crippen molar-refractivity contribution in [2.75, 3.05) is 13.1 Å². The number of aryl methyl sites for hydroxylation is 2. The third-order valence-corrected chi connectivity index (χ3v) is 5.25. The van der Waals surface area contributed by atoms with Crippen LogP contribution in [0.15, 0.2) is 24.5 Å². The van der Waals surface area contributed by atoms with Crippen molar-refractivity contribution in [3.8, 4) is 0 Å². The SMILES string of the molecule is Cc1cc2nccc(C3CCN(Cc4cnn(C)c4C)CC3)n2n1.Cl. The van der Waals surface area contributed by atoms with Gasteiger partial charge in [-0.15, -0.1) is 12.4 Å². The molecular formula is C18H25ClN6. The molecule has 0 unspecified atom stereocenters. The van der Waals surface area contributed by atoms with E-state index in [2.05, 4.69) is 33.1 Å². The van der Waals surface area contributed by atoms with Crippen LogP contribution in [0.2, 0.25) is 0 Å². The maximum atomic E-state index is 4.62. The van der Waals surface area contributed by atoms with E-state index in [4.69, 9.17) is 0 Å². The fourth-order valence-corrected chi connectivity index (χ4v) is 3.66. The predicted molar refractivity (Wildman–Crippen MR) is 100 cm³/mol. The molecule has 1 fully saturated rings. The summed E-state index contributed by atoms with van der Waals surface area (Å²) in [6, 6.07) is 4.18. The van der Waals surface area contributed by atoms with Gasteiger partial charge in [0, 0.05) is 48.7 Å². The quantitative estimate of drug-likeness (QED) is 0.720. The minimum Gasteiger partial charge on any atom is -0.299 e. The second-order valence-corrected chi connectivity index (χ2v) is 6.85. The van der Waals surface area contributed by atoms with Gasteiger partial charge in [0.05, 0.1) is 11.9 Å². The first-order valence-corrected chi connectivity index (χ1v) is 8.63. The standard InChI is InChI=1S/C18H24N6.ClH/c1-13-10-18-19-7-4-17(24(18)21-13)15-5-8-23(9-6-15)12-16-11-20-22(3)14(16)2;/h4,7,10-11,15H,5-6,8-9,12H2,1-3H3;1H. The lowest BCUT2D eigenvalue weighted by molar-refractivity contribution is 0.202. The number of likely N-dealkylation sites (tertiary alicyclic amines) is 1. The molecular weight excluding hydrogens is 336 g/mol. The molecule has 0 aromatic carbocycles. The Morgan fingerprint density at radius 2 is 1.96 bits per heavy atom. The number of fused-ring (bicyclic) bond motifs is 1. The lowest BCUT2D eigenvalue weighted by Crippen LogP contribution is -2.33. The van der Waals surface area contributed by atoms with E-state index in [1.807, 2.05) is 41.6 Å².